The lowest BCUT2D eigenvalue weighted by molar-refractivity contribution is 0.808. The van der Waals surface area contributed by atoms with E-state index in [1.807, 2.05) is 6.20 Å². The molecule has 0 N–H and O–H groups in total. The molecule has 2 bridgehead atoms. The van der Waals surface area contributed by atoms with Crippen LogP contribution in [0.2, 0.25) is 0 Å². The fourth-order valence-electron chi connectivity index (χ4n) is 2.00. The summed E-state index contributed by atoms with van der Waals surface area (Å²) >= 11 is 0. The molecule has 0 atom stereocenters. The second kappa shape index (κ2) is 6.12. The lowest BCUT2D eigenvalue weighted by Crippen LogP contribution is -1.97. The average Bonchev–Trinajstić information content (AvgIpc) is 2.33. The molecule has 0 saturated carbocycles. The Bertz CT molecular complexity index is 506. The third kappa shape index (κ3) is 3.65. The molecule has 1 aliphatic heterocycles. The van der Waals surface area contributed by atoms with Gasteiger partial charge in [-0.15, -0.1) is 0 Å². The molecule has 1 nitrogen and oxygen atoms in total. The van der Waals surface area contributed by atoms with Crippen LogP contribution in [0.15, 0.2) is 12.3 Å². The molecule has 1 aliphatic carbocycles. The molecule has 0 saturated heterocycles. The third-order valence-corrected chi connectivity index (χ3v) is 2.97. The topological polar surface area (TPSA) is 12.9 Å². The molecule has 3 rings (SSSR count). The molecule has 2 aliphatic rings. The van der Waals surface area contributed by atoms with E-state index in [1.54, 1.807) is 0 Å². The van der Waals surface area contributed by atoms with Crippen molar-refractivity contribution in [3.8, 4) is 23.7 Å². The maximum atomic E-state index is 4.56. The first-order valence-corrected chi connectivity index (χ1v) is 6.26. The number of aromatic nitrogens is 1. The van der Waals surface area contributed by atoms with Crippen molar-refractivity contribution < 1.29 is 0 Å². The number of nitrogens with zero attached hydrogens (tertiary/aromatic N) is 1. The van der Waals surface area contributed by atoms with Crippen LogP contribution in [0, 0.1) is 30.6 Å². The number of hydrogen-bond acceptors (Lipinski definition) is 1. The summed E-state index contributed by atoms with van der Waals surface area (Å²) in [5.41, 5.74) is 3.87. The van der Waals surface area contributed by atoms with Crippen molar-refractivity contribution in [2.75, 3.05) is 0 Å². The quantitative estimate of drug-likeness (QED) is 0.616. The molecule has 0 radical (unpaired) electrons. The molecule has 86 valence electrons. The fraction of sp³-hybridized carbons (Fsp3) is 0.438. The van der Waals surface area contributed by atoms with E-state index >= 15 is 0 Å². The Hall–Kier alpha value is -1.73. The summed E-state index contributed by atoms with van der Waals surface area (Å²) in [5, 5.41) is 0. The smallest absolute Gasteiger partial charge is 0.0433 e. The van der Waals surface area contributed by atoms with Crippen LogP contribution in [0.1, 0.15) is 42.5 Å². The van der Waals surface area contributed by atoms with Gasteiger partial charge in [-0.1, -0.05) is 17.9 Å². The second-order valence-electron chi connectivity index (χ2n) is 4.42. The van der Waals surface area contributed by atoms with Crippen molar-refractivity contribution in [3.63, 3.8) is 0 Å². The van der Waals surface area contributed by atoms with Crippen LogP contribution < -0.4 is 0 Å². The minimum Gasteiger partial charge on any atom is -0.261 e. The third-order valence-electron chi connectivity index (χ3n) is 2.97. The summed E-state index contributed by atoms with van der Waals surface area (Å²) in [6.07, 6.45) is 8.11. The molecule has 1 heteroatoms. The molecular weight excluding hydrogens is 206 g/mol. The van der Waals surface area contributed by atoms with Crippen LogP contribution in [-0.2, 0) is 12.8 Å². The Kier molecular flexibility index (Phi) is 4.23. The van der Waals surface area contributed by atoms with Crippen molar-refractivity contribution in [2.24, 2.45) is 0 Å². The Morgan fingerprint density at radius 2 is 1.76 bits per heavy atom. The van der Waals surface area contributed by atoms with Gasteiger partial charge in [0.25, 0.3) is 0 Å². The van der Waals surface area contributed by atoms with E-state index in [-0.39, 0.29) is 0 Å². The predicted octanol–water partition coefficient (Wildman–Crippen LogP) is 3.06. The van der Waals surface area contributed by atoms with Gasteiger partial charge in [-0.2, -0.15) is 0 Å². The highest BCUT2D eigenvalue weighted by Gasteiger charge is 2.02. The van der Waals surface area contributed by atoms with Gasteiger partial charge in [0.2, 0.25) is 0 Å². The second-order valence-corrected chi connectivity index (χ2v) is 4.42. The Morgan fingerprint density at radius 3 is 2.47 bits per heavy atom. The van der Waals surface area contributed by atoms with Gasteiger partial charge in [-0.05, 0) is 55.6 Å². The maximum Gasteiger partial charge on any atom is 0.0433 e. The van der Waals surface area contributed by atoms with E-state index < -0.39 is 0 Å². The van der Waals surface area contributed by atoms with Crippen LogP contribution in [0.4, 0.5) is 0 Å². The van der Waals surface area contributed by atoms with Crippen LogP contribution in [0.25, 0.3) is 0 Å². The van der Waals surface area contributed by atoms with Gasteiger partial charge in [0, 0.05) is 24.7 Å². The zero-order chi connectivity index (χ0) is 11.9. The highest BCUT2D eigenvalue weighted by atomic mass is 14.7. The minimum atomic E-state index is 0.914. The molecule has 0 fully saturated rings. The summed E-state index contributed by atoms with van der Waals surface area (Å²) in [5.74, 6) is 12.0. The van der Waals surface area contributed by atoms with Gasteiger partial charge in [0.15, 0.2) is 0 Å². The number of rotatable bonds is 0. The zero-order valence-corrected chi connectivity index (χ0v) is 10.3. The summed E-state index contributed by atoms with van der Waals surface area (Å²) in [7, 11) is 0. The molecule has 0 aromatic carbocycles. The van der Waals surface area contributed by atoms with Gasteiger partial charge in [0.1, 0.15) is 0 Å². The highest BCUT2D eigenvalue weighted by molar-refractivity contribution is 5.27. The molecule has 0 unspecified atom stereocenters. The van der Waals surface area contributed by atoms with Gasteiger partial charge in [-0.25, -0.2) is 0 Å². The molecule has 0 amide bonds. The summed E-state index contributed by atoms with van der Waals surface area (Å²) < 4.78 is 0. The largest absolute Gasteiger partial charge is 0.261 e. The van der Waals surface area contributed by atoms with E-state index in [4.69, 9.17) is 0 Å². The first-order valence-electron chi connectivity index (χ1n) is 6.26. The van der Waals surface area contributed by atoms with Crippen molar-refractivity contribution in [1.82, 2.24) is 4.98 Å². The summed E-state index contributed by atoms with van der Waals surface area (Å²) in [6.45, 7) is 2.16. The highest BCUT2D eigenvalue weighted by Crippen LogP contribution is 2.12. The summed E-state index contributed by atoms with van der Waals surface area (Å²) in [4.78, 5) is 4.56. The SMILES string of the molecule is Cc1cc2cnc1CCCC#CC#CCCC2. The van der Waals surface area contributed by atoms with Gasteiger partial charge in [0.05, 0.1) is 0 Å². The number of pyridine rings is 1. The first-order chi connectivity index (χ1) is 8.36. The number of aryl methyl sites for hydroxylation is 3. The van der Waals surface area contributed by atoms with Gasteiger partial charge in [-0.3, -0.25) is 4.98 Å². The van der Waals surface area contributed by atoms with Crippen molar-refractivity contribution in [2.45, 2.75) is 45.4 Å². The van der Waals surface area contributed by atoms with E-state index in [1.165, 1.54) is 16.8 Å². The number of hydrogen-bond donors (Lipinski definition) is 0. The maximum absolute atomic E-state index is 4.56. The van der Waals surface area contributed by atoms with Crippen LogP contribution in [-0.4, -0.2) is 4.98 Å². The Labute approximate surface area is 104 Å². The lowest BCUT2D eigenvalue weighted by atomic mass is 10.0. The Balaban J connectivity index is 2.16. The molecule has 17 heavy (non-hydrogen) atoms. The van der Waals surface area contributed by atoms with Crippen LogP contribution in [0.3, 0.4) is 0 Å². The monoisotopic (exact) mass is 223 g/mol. The van der Waals surface area contributed by atoms with E-state index in [0.717, 1.165) is 38.5 Å². The van der Waals surface area contributed by atoms with Crippen molar-refractivity contribution in [3.05, 3.63) is 29.1 Å². The number of fused-ring (bicyclic) bond motifs is 9. The molecular formula is C16H17N. The molecule has 1 aromatic heterocycles. The molecule has 0 spiro atoms. The van der Waals surface area contributed by atoms with Gasteiger partial charge < -0.3 is 0 Å². The van der Waals surface area contributed by atoms with E-state index in [0.29, 0.717) is 0 Å². The molecule has 1 aromatic rings. The normalized spacial score (nSPS) is 15.1. The van der Waals surface area contributed by atoms with Crippen molar-refractivity contribution >= 4 is 0 Å². The predicted molar refractivity (Wildman–Crippen MR) is 70.4 cm³/mol. The minimum absolute atomic E-state index is 0.914. The van der Waals surface area contributed by atoms with Crippen molar-refractivity contribution in [1.29, 1.82) is 0 Å². The van der Waals surface area contributed by atoms with Gasteiger partial charge >= 0.3 is 0 Å². The summed E-state index contributed by atoms with van der Waals surface area (Å²) in [6, 6.07) is 2.27. The van der Waals surface area contributed by atoms with E-state index in [2.05, 4.69) is 41.7 Å². The van der Waals surface area contributed by atoms with Crippen LogP contribution >= 0.6 is 0 Å². The standard InChI is InChI=1S/C16H17N/c1-14-12-15-10-8-6-4-2-3-5-7-9-11-16(14)17-13-15/h12-13H,6-11H2,1H3. The lowest BCUT2D eigenvalue weighted by Gasteiger charge is -2.06. The first kappa shape index (κ1) is 11.7. The molecule has 2 heterocycles. The Morgan fingerprint density at radius 1 is 1.06 bits per heavy atom. The fourth-order valence-corrected chi connectivity index (χ4v) is 2.00. The van der Waals surface area contributed by atoms with E-state index in [9.17, 15) is 0 Å². The zero-order valence-electron chi connectivity index (χ0n) is 10.3. The van der Waals surface area contributed by atoms with Crippen LogP contribution in [0.5, 0.6) is 0 Å². The average molecular weight is 223 g/mol.